The van der Waals surface area contributed by atoms with Crippen LogP contribution in [0, 0.1) is 13.8 Å². The van der Waals surface area contributed by atoms with Crippen LogP contribution in [0.4, 0.5) is 0 Å². The van der Waals surface area contributed by atoms with Crippen LogP contribution in [0.3, 0.4) is 0 Å². The predicted molar refractivity (Wildman–Crippen MR) is 135 cm³/mol. The Balaban J connectivity index is 1.84. The minimum absolute atomic E-state index is 0.493. The average molecular weight is 459 g/mol. The van der Waals surface area contributed by atoms with Crippen molar-refractivity contribution < 1.29 is 0 Å². The summed E-state index contributed by atoms with van der Waals surface area (Å²) >= 11 is 8.13. The van der Waals surface area contributed by atoms with E-state index in [1.807, 2.05) is 38.1 Å². The third kappa shape index (κ3) is 3.23. The number of fused-ring (bicyclic) bond motifs is 1. The molecular weight excluding hydrogens is 435 g/mol. The summed E-state index contributed by atoms with van der Waals surface area (Å²) in [4.78, 5) is 9.42. The molecule has 5 aromatic rings. The van der Waals surface area contributed by atoms with E-state index in [1.165, 1.54) is 0 Å². The summed E-state index contributed by atoms with van der Waals surface area (Å²) in [5, 5.41) is 8.14. The molecule has 0 atom stereocenters. The SMILES string of the molecule is Cc1cc(C)n2nc(CP(Cl)(c3ccccc3)(c3ccccc3)c3ccccc3)nc2n1. The summed E-state index contributed by atoms with van der Waals surface area (Å²) in [6, 6.07) is 33.2. The maximum absolute atomic E-state index is 8.13. The van der Waals surface area contributed by atoms with Crippen LogP contribution in [0.15, 0.2) is 97.1 Å². The van der Waals surface area contributed by atoms with Crippen molar-refractivity contribution in [2.45, 2.75) is 20.0 Å². The molecule has 0 saturated heterocycles. The van der Waals surface area contributed by atoms with E-state index >= 15 is 0 Å². The van der Waals surface area contributed by atoms with Gasteiger partial charge in [-0.1, -0.05) is 0 Å². The van der Waals surface area contributed by atoms with Gasteiger partial charge in [0.1, 0.15) is 0 Å². The van der Waals surface area contributed by atoms with Crippen molar-refractivity contribution in [3.63, 3.8) is 0 Å². The van der Waals surface area contributed by atoms with Crippen LogP contribution in [-0.4, -0.2) is 19.6 Å². The molecule has 2 heterocycles. The van der Waals surface area contributed by atoms with Gasteiger partial charge in [-0.3, -0.25) is 0 Å². The van der Waals surface area contributed by atoms with Crippen LogP contribution >= 0.6 is 17.2 Å². The molecule has 0 aliphatic heterocycles. The van der Waals surface area contributed by atoms with Gasteiger partial charge in [0.25, 0.3) is 0 Å². The van der Waals surface area contributed by atoms with Crippen molar-refractivity contribution in [1.82, 2.24) is 19.6 Å². The van der Waals surface area contributed by atoms with Gasteiger partial charge >= 0.3 is 193 Å². The molecule has 3 aromatic carbocycles. The number of hydrogen-bond acceptors (Lipinski definition) is 3. The molecule has 5 rings (SSSR count). The Hall–Kier alpha value is -3.07. The average Bonchev–Trinajstić information content (AvgIpc) is 3.23. The van der Waals surface area contributed by atoms with Crippen molar-refractivity contribution in [2.75, 3.05) is 0 Å². The van der Waals surface area contributed by atoms with Crippen LogP contribution in [0.25, 0.3) is 5.78 Å². The standard InChI is InChI=1S/C26H24ClN4P/c1-20-18-21(2)31-26(28-20)29-25(30-31)19-32(27,22-12-6-3-7-13-22,23-14-8-4-9-15-23)24-16-10-5-11-17-24/h3-18H,19H2,1-2H3. The van der Waals surface area contributed by atoms with Gasteiger partial charge in [0.05, 0.1) is 0 Å². The summed E-state index contributed by atoms with van der Waals surface area (Å²) in [5.41, 5.74) is 1.92. The van der Waals surface area contributed by atoms with Crippen molar-refractivity contribution >= 4 is 38.9 Å². The Morgan fingerprint density at radius 1 is 0.719 bits per heavy atom. The van der Waals surface area contributed by atoms with Crippen molar-refractivity contribution in [1.29, 1.82) is 0 Å². The molecule has 4 nitrogen and oxygen atoms in total. The summed E-state index contributed by atoms with van der Waals surface area (Å²) in [6.07, 6.45) is 0.493. The first-order valence-corrected chi connectivity index (χ1v) is 13.9. The van der Waals surface area contributed by atoms with E-state index < -0.39 is 5.96 Å². The molecule has 0 radical (unpaired) electrons. The molecule has 0 N–H and O–H groups in total. The fourth-order valence-corrected chi connectivity index (χ4v) is 10.3. The van der Waals surface area contributed by atoms with Crippen molar-refractivity contribution in [2.24, 2.45) is 0 Å². The topological polar surface area (TPSA) is 43.1 Å². The van der Waals surface area contributed by atoms with Gasteiger partial charge in [-0.2, -0.15) is 0 Å². The van der Waals surface area contributed by atoms with Gasteiger partial charge in [-0.25, -0.2) is 0 Å². The Labute approximate surface area is 192 Å². The second kappa shape index (κ2) is 7.81. The third-order valence-corrected chi connectivity index (χ3v) is 13.1. The molecule has 160 valence electrons. The van der Waals surface area contributed by atoms with E-state index in [1.54, 1.807) is 4.52 Å². The Morgan fingerprint density at radius 2 is 1.19 bits per heavy atom. The van der Waals surface area contributed by atoms with Gasteiger partial charge in [0, 0.05) is 0 Å². The monoisotopic (exact) mass is 458 g/mol. The Morgan fingerprint density at radius 3 is 1.66 bits per heavy atom. The molecule has 0 fully saturated rings. The number of hydrogen-bond donors (Lipinski definition) is 0. The maximum atomic E-state index is 8.13. The molecule has 2 aromatic heterocycles. The second-order valence-electron chi connectivity index (χ2n) is 8.13. The molecule has 0 aliphatic rings. The molecule has 0 saturated carbocycles. The first-order valence-electron chi connectivity index (χ1n) is 10.6. The number of benzene rings is 3. The molecule has 32 heavy (non-hydrogen) atoms. The summed E-state index contributed by atoms with van der Waals surface area (Å²) in [6.45, 7) is 3.99. The van der Waals surface area contributed by atoms with Crippen molar-refractivity contribution in [3.8, 4) is 0 Å². The zero-order valence-corrected chi connectivity index (χ0v) is 19.7. The molecule has 0 amide bonds. The molecule has 0 aliphatic carbocycles. The van der Waals surface area contributed by atoms with Crippen LogP contribution in [0.5, 0.6) is 0 Å². The Bertz CT molecular complexity index is 1290. The van der Waals surface area contributed by atoms with Crippen LogP contribution in [0.1, 0.15) is 17.2 Å². The molecule has 6 heteroatoms. The van der Waals surface area contributed by atoms with Crippen molar-refractivity contribution in [3.05, 3.63) is 114 Å². The number of nitrogens with zero attached hydrogens (tertiary/aromatic N) is 4. The number of rotatable bonds is 5. The zero-order chi connectivity index (χ0) is 22.2. The van der Waals surface area contributed by atoms with Gasteiger partial charge in [0.15, 0.2) is 0 Å². The summed E-state index contributed by atoms with van der Waals surface area (Å²) in [7, 11) is 0. The van der Waals surface area contributed by atoms with E-state index in [-0.39, 0.29) is 0 Å². The van der Waals surface area contributed by atoms with Gasteiger partial charge in [0.2, 0.25) is 0 Å². The minimum atomic E-state index is -3.47. The Kier molecular flexibility index (Phi) is 5.08. The first kappa shape index (κ1) is 20.8. The van der Waals surface area contributed by atoms with E-state index in [9.17, 15) is 0 Å². The van der Waals surface area contributed by atoms with Gasteiger partial charge < -0.3 is 0 Å². The molecular formula is C26H24ClN4P. The van der Waals surface area contributed by atoms with Gasteiger partial charge in [-0.05, 0) is 0 Å². The summed E-state index contributed by atoms with van der Waals surface area (Å²) in [5.74, 6) is -2.18. The second-order valence-corrected chi connectivity index (χ2v) is 14.6. The fourth-order valence-electron chi connectivity index (χ4n) is 4.48. The normalized spacial score (nSPS) is 13.0. The number of halogens is 1. The van der Waals surface area contributed by atoms with E-state index in [0.717, 1.165) is 27.3 Å². The number of aromatic nitrogens is 4. The van der Waals surface area contributed by atoms with Crippen LogP contribution in [-0.2, 0) is 6.16 Å². The zero-order valence-electron chi connectivity index (χ0n) is 18.1. The molecule has 0 bridgehead atoms. The predicted octanol–water partition coefficient (Wildman–Crippen LogP) is 4.92. The quantitative estimate of drug-likeness (QED) is 0.351. The molecule has 0 unspecified atom stereocenters. The van der Waals surface area contributed by atoms with Gasteiger partial charge in [-0.15, -0.1) is 0 Å². The van der Waals surface area contributed by atoms with E-state index in [2.05, 4.69) is 77.8 Å². The third-order valence-electron chi connectivity index (χ3n) is 5.98. The van der Waals surface area contributed by atoms with Crippen LogP contribution < -0.4 is 15.9 Å². The van der Waals surface area contributed by atoms with Crippen LogP contribution in [0.2, 0.25) is 0 Å². The van der Waals surface area contributed by atoms with E-state index in [0.29, 0.717) is 17.8 Å². The molecule has 0 spiro atoms. The first-order chi connectivity index (χ1) is 15.5. The fraction of sp³-hybridized carbons (Fsp3) is 0.115. The number of aryl methyl sites for hydroxylation is 2. The van der Waals surface area contributed by atoms with E-state index in [4.69, 9.17) is 21.3 Å². The summed E-state index contributed by atoms with van der Waals surface area (Å²) < 4.78 is 1.81.